The first-order valence-electron chi connectivity index (χ1n) is 10.5. The van der Waals surface area contributed by atoms with E-state index < -0.39 is 23.5 Å². The number of anilines is 1. The monoisotopic (exact) mass is 523 g/mol. The van der Waals surface area contributed by atoms with Crippen molar-refractivity contribution in [3.05, 3.63) is 99.0 Å². The number of aromatic nitrogens is 2. The van der Waals surface area contributed by atoms with Gasteiger partial charge in [0.15, 0.2) is 4.34 Å². The number of thioether (sulfide) groups is 1. The number of Topliss-reactive ketones (excluding diaryl/α,β-unsaturated/α-hetero) is 1. The van der Waals surface area contributed by atoms with E-state index in [-0.39, 0.29) is 22.0 Å². The molecule has 0 saturated carbocycles. The molecule has 1 aliphatic heterocycles. The van der Waals surface area contributed by atoms with Crippen molar-refractivity contribution < 1.29 is 19.1 Å². The fraction of sp³-hybridized carbons (Fsp3) is 0.120. The Morgan fingerprint density at radius 2 is 1.83 bits per heavy atom. The number of aliphatic hydroxyl groups excluding tert-OH is 1. The molecular formula is C25H18FN3O3S3. The maximum atomic E-state index is 13.4. The first kappa shape index (κ1) is 23.4. The molecule has 2 aromatic heterocycles. The third-order valence-corrected chi connectivity index (χ3v) is 8.51. The zero-order chi connectivity index (χ0) is 24.5. The Balaban J connectivity index is 1.49. The predicted octanol–water partition coefficient (Wildman–Crippen LogP) is 5.97. The molecule has 1 fully saturated rings. The summed E-state index contributed by atoms with van der Waals surface area (Å²) in [5.74, 6) is -1.76. The molecule has 2 aromatic carbocycles. The lowest BCUT2D eigenvalue weighted by atomic mass is 10.00. The van der Waals surface area contributed by atoms with Gasteiger partial charge in [-0.3, -0.25) is 14.5 Å². The summed E-state index contributed by atoms with van der Waals surface area (Å²) in [5.41, 5.74) is 2.50. The minimum Gasteiger partial charge on any atom is -0.507 e. The van der Waals surface area contributed by atoms with Crippen LogP contribution in [0.15, 0.2) is 76.0 Å². The number of rotatable bonds is 6. The molecule has 35 heavy (non-hydrogen) atoms. The minimum absolute atomic E-state index is 0.0619. The SMILES string of the molecule is Cc1ccc(CSc2nnc(N3C(=O)C(=O)/C(=C(\O)c4ccc(F)cc4)C3c3cccs3)s2)cc1. The maximum absolute atomic E-state index is 13.4. The van der Waals surface area contributed by atoms with Gasteiger partial charge in [-0.05, 0) is 48.2 Å². The van der Waals surface area contributed by atoms with Gasteiger partial charge in [0, 0.05) is 16.2 Å². The predicted molar refractivity (Wildman–Crippen MR) is 136 cm³/mol. The van der Waals surface area contributed by atoms with Gasteiger partial charge in [-0.15, -0.1) is 21.5 Å². The van der Waals surface area contributed by atoms with Crippen molar-refractivity contribution in [3.63, 3.8) is 0 Å². The summed E-state index contributed by atoms with van der Waals surface area (Å²) in [5, 5.41) is 21.5. The van der Waals surface area contributed by atoms with Crippen molar-refractivity contribution in [2.75, 3.05) is 4.90 Å². The number of aryl methyl sites for hydroxylation is 1. The van der Waals surface area contributed by atoms with Crippen LogP contribution in [0.25, 0.3) is 5.76 Å². The molecule has 6 nitrogen and oxygen atoms in total. The Kier molecular flexibility index (Phi) is 6.50. The molecule has 0 radical (unpaired) electrons. The molecule has 5 rings (SSSR count). The highest BCUT2D eigenvalue weighted by Gasteiger charge is 2.48. The Morgan fingerprint density at radius 1 is 1.09 bits per heavy atom. The highest BCUT2D eigenvalue weighted by atomic mass is 32.2. The van der Waals surface area contributed by atoms with Gasteiger partial charge >= 0.3 is 5.91 Å². The molecule has 1 atom stereocenters. The van der Waals surface area contributed by atoms with Crippen LogP contribution in [0.2, 0.25) is 0 Å². The zero-order valence-electron chi connectivity index (χ0n) is 18.3. The average molecular weight is 524 g/mol. The van der Waals surface area contributed by atoms with E-state index in [0.717, 1.165) is 5.56 Å². The lowest BCUT2D eigenvalue weighted by Gasteiger charge is -2.20. The molecular weight excluding hydrogens is 505 g/mol. The third kappa shape index (κ3) is 4.64. The van der Waals surface area contributed by atoms with E-state index in [0.29, 0.717) is 15.0 Å². The second kappa shape index (κ2) is 9.73. The number of aliphatic hydroxyl groups is 1. The number of carbonyl (C=O) groups excluding carboxylic acids is 2. The Hall–Kier alpha value is -3.34. The first-order valence-corrected chi connectivity index (χ1v) is 13.2. The van der Waals surface area contributed by atoms with E-state index in [4.69, 9.17) is 0 Å². The summed E-state index contributed by atoms with van der Waals surface area (Å²) in [4.78, 5) is 28.2. The van der Waals surface area contributed by atoms with Crippen LogP contribution in [0.5, 0.6) is 0 Å². The lowest BCUT2D eigenvalue weighted by Crippen LogP contribution is -2.29. The topological polar surface area (TPSA) is 83.4 Å². The first-order chi connectivity index (χ1) is 16.9. The summed E-state index contributed by atoms with van der Waals surface area (Å²) in [6, 6.07) is 16.0. The van der Waals surface area contributed by atoms with Gasteiger partial charge in [-0.2, -0.15) is 0 Å². The molecule has 0 spiro atoms. The maximum Gasteiger partial charge on any atom is 0.301 e. The number of amides is 1. The third-order valence-electron chi connectivity index (χ3n) is 5.46. The van der Waals surface area contributed by atoms with Crippen molar-refractivity contribution in [1.82, 2.24) is 10.2 Å². The quantitative estimate of drug-likeness (QED) is 0.110. The Labute approximate surface area is 212 Å². The largest absolute Gasteiger partial charge is 0.507 e. The van der Waals surface area contributed by atoms with Crippen LogP contribution in [-0.2, 0) is 15.3 Å². The second-order valence-electron chi connectivity index (χ2n) is 7.82. The van der Waals surface area contributed by atoms with Gasteiger partial charge < -0.3 is 5.11 Å². The van der Waals surface area contributed by atoms with Gasteiger partial charge in [0.25, 0.3) is 5.78 Å². The van der Waals surface area contributed by atoms with Gasteiger partial charge in [-0.25, -0.2) is 4.39 Å². The summed E-state index contributed by atoms with van der Waals surface area (Å²) < 4.78 is 14.1. The van der Waals surface area contributed by atoms with E-state index in [1.807, 2.05) is 24.4 Å². The fourth-order valence-corrected chi connectivity index (χ4v) is 6.34. The van der Waals surface area contributed by atoms with Crippen LogP contribution in [0.4, 0.5) is 9.52 Å². The molecule has 4 aromatic rings. The molecule has 1 unspecified atom stereocenters. The van der Waals surface area contributed by atoms with Gasteiger partial charge in [0.1, 0.15) is 17.6 Å². The molecule has 10 heteroatoms. The Bertz CT molecular complexity index is 1410. The molecule has 0 bridgehead atoms. The van der Waals surface area contributed by atoms with Crippen molar-refractivity contribution in [1.29, 1.82) is 0 Å². The van der Waals surface area contributed by atoms with E-state index in [2.05, 4.69) is 22.3 Å². The highest BCUT2D eigenvalue weighted by molar-refractivity contribution is 8.00. The van der Waals surface area contributed by atoms with E-state index in [9.17, 15) is 19.1 Å². The highest BCUT2D eigenvalue weighted by Crippen LogP contribution is 2.45. The standard InChI is InChI=1S/C25H18FN3O3S3/c1-14-4-6-15(7-5-14)13-34-25-28-27-24(35-25)29-20(18-3-2-12-33-18)19(22(31)23(29)32)21(30)16-8-10-17(26)11-9-16/h2-12,20,30H,13H2,1H3/b21-19-. The lowest BCUT2D eigenvalue weighted by molar-refractivity contribution is -0.132. The van der Waals surface area contributed by atoms with Crippen LogP contribution in [0.3, 0.4) is 0 Å². The molecule has 1 aliphatic rings. The summed E-state index contributed by atoms with van der Waals surface area (Å²) in [6.45, 7) is 2.03. The van der Waals surface area contributed by atoms with E-state index in [1.165, 1.54) is 69.2 Å². The fourth-order valence-electron chi connectivity index (χ4n) is 3.70. The number of ketones is 1. The van der Waals surface area contributed by atoms with Crippen LogP contribution in [0, 0.1) is 12.7 Å². The van der Waals surface area contributed by atoms with Crippen molar-refractivity contribution in [2.45, 2.75) is 23.1 Å². The molecule has 1 amide bonds. The van der Waals surface area contributed by atoms with Crippen LogP contribution < -0.4 is 4.90 Å². The smallest absolute Gasteiger partial charge is 0.301 e. The van der Waals surface area contributed by atoms with Gasteiger partial charge in [0.05, 0.1) is 5.57 Å². The minimum atomic E-state index is -0.858. The second-order valence-corrected chi connectivity index (χ2v) is 11.0. The summed E-state index contributed by atoms with van der Waals surface area (Å²) >= 11 is 4.06. The van der Waals surface area contributed by atoms with Gasteiger partial charge in [-0.1, -0.05) is 59.0 Å². The molecule has 0 aliphatic carbocycles. The molecule has 176 valence electrons. The number of nitrogens with zero attached hydrogens (tertiary/aromatic N) is 3. The Morgan fingerprint density at radius 3 is 2.51 bits per heavy atom. The van der Waals surface area contributed by atoms with Crippen LogP contribution in [0.1, 0.15) is 27.6 Å². The van der Waals surface area contributed by atoms with Crippen molar-refractivity contribution >= 4 is 57.0 Å². The number of benzene rings is 2. The number of halogens is 1. The van der Waals surface area contributed by atoms with Crippen LogP contribution >= 0.6 is 34.4 Å². The van der Waals surface area contributed by atoms with Crippen molar-refractivity contribution in [2.24, 2.45) is 0 Å². The zero-order valence-corrected chi connectivity index (χ0v) is 20.8. The number of carbonyl (C=O) groups is 2. The summed E-state index contributed by atoms with van der Waals surface area (Å²) in [6.07, 6.45) is 0. The number of hydrogen-bond donors (Lipinski definition) is 1. The van der Waals surface area contributed by atoms with E-state index >= 15 is 0 Å². The number of thiophene rings is 1. The molecule has 1 saturated heterocycles. The van der Waals surface area contributed by atoms with Crippen LogP contribution in [-0.4, -0.2) is 27.0 Å². The molecule has 3 heterocycles. The van der Waals surface area contributed by atoms with E-state index in [1.54, 1.807) is 12.1 Å². The molecule has 1 N–H and O–H groups in total. The normalized spacial score (nSPS) is 17.3. The number of hydrogen-bond acceptors (Lipinski definition) is 8. The van der Waals surface area contributed by atoms with Crippen molar-refractivity contribution in [3.8, 4) is 0 Å². The average Bonchev–Trinajstić information content (AvgIpc) is 3.60. The summed E-state index contributed by atoms with van der Waals surface area (Å²) in [7, 11) is 0. The van der Waals surface area contributed by atoms with Gasteiger partial charge in [0.2, 0.25) is 5.13 Å².